The molecule has 1 aliphatic carbocycles. The number of urea groups is 1. The number of amides is 5. The van der Waals surface area contributed by atoms with Crippen molar-refractivity contribution in [1.29, 1.82) is 0 Å². The molecular weight excluding hydrogens is 286 g/mol. The summed E-state index contributed by atoms with van der Waals surface area (Å²) in [4.78, 5) is 51.1. The molecule has 120 valence electrons. The molecule has 1 saturated carbocycles. The highest BCUT2D eigenvalue weighted by atomic mass is 16.2. The topological polar surface area (TPSA) is 78.0 Å². The SMILES string of the molecule is CN1C(=O)C(=O)N(CC(=O)N2CCC[C@H]3CCCC[C@@H]32)C1=O. The standard InChI is InChI=1S/C15H21N3O4/c1-16-13(20)14(21)18(15(16)22)9-12(19)17-8-4-6-10-5-2-3-7-11(10)17/h10-11H,2-9H2,1H3/t10-,11+/m1/s1. The van der Waals surface area contributed by atoms with Crippen LogP contribution < -0.4 is 0 Å². The minimum absolute atomic E-state index is 0.221. The van der Waals surface area contributed by atoms with Crippen molar-refractivity contribution in [2.75, 3.05) is 20.1 Å². The predicted molar refractivity (Wildman–Crippen MR) is 76.6 cm³/mol. The predicted octanol–water partition coefficient (Wildman–Crippen LogP) is 0.588. The average molecular weight is 307 g/mol. The summed E-state index contributed by atoms with van der Waals surface area (Å²) in [6, 6.07) is -0.475. The lowest BCUT2D eigenvalue weighted by Gasteiger charge is -2.44. The first-order chi connectivity index (χ1) is 10.5. The van der Waals surface area contributed by atoms with Crippen LogP contribution in [0.4, 0.5) is 4.79 Å². The van der Waals surface area contributed by atoms with Gasteiger partial charge >= 0.3 is 17.8 Å². The van der Waals surface area contributed by atoms with Crippen molar-refractivity contribution >= 4 is 23.8 Å². The molecule has 22 heavy (non-hydrogen) atoms. The van der Waals surface area contributed by atoms with Crippen LogP contribution in [0.15, 0.2) is 0 Å². The molecule has 7 nitrogen and oxygen atoms in total. The largest absolute Gasteiger partial charge is 0.338 e. The fourth-order valence-corrected chi connectivity index (χ4v) is 3.91. The number of imide groups is 2. The van der Waals surface area contributed by atoms with Crippen molar-refractivity contribution in [2.45, 2.75) is 44.6 Å². The van der Waals surface area contributed by atoms with Crippen molar-refractivity contribution in [3.63, 3.8) is 0 Å². The van der Waals surface area contributed by atoms with Crippen LogP contribution in [0, 0.1) is 5.92 Å². The second kappa shape index (κ2) is 5.70. The highest BCUT2D eigenvalue weighted by molar-refractivity contribution is 6.44. The fourth-order valence-electron chi connectivity index (χ4n) is 3.91. The Labute approximate surface area is 129 Å². The Bertz CT molecular complexity index is 531. The molecule has 0 aromatic rings. The van der Waals surface area contributed by atoms with Crippen LogP contribution in [-0.4, -0.2) is 64.6 Å². The molecule has 2 saturated heterocycles. The number of carbonyl (C=O) groups excluding carboxylic acids is 4. The number of likely N-dealkylation sites (tertiary alicyclic amines) is 1. The van der Waals surface area contributed by atoms with Crippen molar-refractivity contribution in [3.05, 3.63) is 0 Å². The van der Waals surface area contributed by atoms with Crippen molar-refractivity contribution in [2.24, 2.45) is 5.92 Å². The van der Waals surface area contributed by atoms with E-state index in [9.17, 15) is 19.2 Å². The van der Waals surface area contributed by atoms with Gasteiger partial charge in [0.05, 0.1) is 0 Å². The zero-order valence-corrected chi connectivity index (χ0v) is 12.8. The Morgan fingerprint density at radius 1 is 1.05 bits per heavy atom. The molecule has 0 spiro atoms. The maximum absolute atomic E-state index is 12.6. The number of nitrogens with zero attached hydrogens (tertiary/aromatic N) is 3. The summed E-state index contributed by atoms with van der Waals surface area (Å²) in [5.41, 5.74) is 0. The zero-order chi connectivity index (χ0) is 15.9. The maximum Gasteiger partial charge on any atom is 0.334 e. The monoisotopic (exact) mass is 307 g/mol. The van der Waals surface area contributed by atoms with Gasteiger partial charge in [0.2, 0.25) is 5.91 Å². The van der Waals surface area contributed by atoms with Crippen LogP contribution in [0.3, 0.4) is 0 Å². The third-order valence-corrected chi connectivity index (χ3v) is 5.11. The number of piperidine rings is 1. The summed E-state index contributed by atoms with van der Waals surface area (Å²) in [6.45, 7) is 0.358. The van der Waals surface area contributed by atoms with E-state index in [0.29, 0.717) is 12.5 Å². The second-order valence-electron chi connectivity index (χ2n) is 6.38. The van der Waals surface area contributed by atoms with Crippen molar-refractivity contribution in [3.8, 4) is 0 Å². The van der Waals surface area contributed by atoms with E-state index in [1.165, 1.54) is 13.5 Å². The number of carbonyl (C=O) groups is 4. The quantitative estimate of drug-likeness (QED) is 0.552. The van der Waals surface area contributed by atoms with Crippen LogP contribution >= 0.6 is 0 Å². The van der Waals surface area contributed by atoms with Crippen molar-refractivity contribution in [1.82, 2.24) is 14.7 Å². The molecule has 2 atom stereocenters. The molecule has 0 unspecified atom stereocenters. The minimum Gasteiger partial charge on any atom is -0.338 e. The Kier molecular flexibility index (Phi) is 3.88. The van der Waals surface area contributed by atoms with E-state index in [0.717, 1.165) is 41.9 Å². The molecule has 3 fully saturated rings. The smallest absolute Gasteiger partial charge is 0.334 e. The summed E-state index contributed by atoms with van der Waals surface area (Å²) in [5, 5.41) is 0. The van der Waals surface area contributed by atoms with Gasteiger partial charge in [0.15, 0.2) is 0 Å². The maximum atomic E-state index is 12.6. The molecule has 3 rings (SSSR count). The van der Waals surface area contributed by atoms with Gasteiger partial charge in [-0.3, -0.25) is 19.3 Å². The number of hydrogen-bond donors (Lipinski definition) is 0. The van der Waals surface area contributed by atoms with Crippen LogP contribution in [-0.2, 0) is 14.4 Å². The van der Waals surface area contributed by atoms with Crippen LogP contribution in [0.25, 0.3) is 0 Å². The van der Waals surface area contributed by atoms with Crippen molar-refractivity contribution < 1.29 is 19.2 Å². The highest BCUT2D eigenvalue weighted by Gasteiger charge is 2.44. The van der Waals surface area contributed by atoms with Gasteiger partial charge < -0.3 is 4.90 Å². The Morgan fingerprint density at radius 2 is 1.73 bits per heavy atom. The third-order valence-electron chi connectivity index (χ3n) is 5.11. The molecule has 0 bridgehead atoms. The molecule has 0 radical (unpaired) electrons. The molecule has 7 heteroatoms. The fraction of sp³-hybridized carbons (Fsp3) is 0.733. The van der Waals surface area contributed by atoms with Crippen LogP contribution in [0.5, 0.6) is 0 Å². The summed E-state index contributed by atoms with van der Waals surface area (Å²) in [6.07, 6.45) is 6.60. The van der Waals surface area contributed by atoms with Gasteiger partial charge in [0.1, 0.15) is 6.54 Å². The second-order valence-corrected chi connectivity index (χ2v) is 6.38. The van der Waals surface area contributed by atoms with E-state index in [-0.39, 0.29) is 18.5 Å². The zero-order valence-electron chi connectivity index (χ0n) is 12.8. The number of hydrogen-bond acceptors (Lipinski definition) is 4. The van der Waals surface area contributed by atoms with Gasteiger partial charge in [-0.15, -0.1) is 0 Å². The van der Waals surface area contributed by atoms with Crippen LogP contribution in [0.2, 0.25) is 0 Å². The lowest BCUT2D eigenvalue weighted by Crippen LogP contribution is -2.53. The molecule has 2 heterocycles. The van der Waals surface area contributed by atoms with Gasteiger partial charge in [-0.2, -0.15) is 0 Å². The Hall–Kier alpha value is -1.92. The average Bonchev–Trinajstić information content (AvgIpc) is 2.72. The van der Waals surface area contributed by atoms with Gasteiger partial charge in [-0.25, -0.2) is 9.69 Å². The van der Waals surface area contributed by atoms with E-state index in [1.54, 1.807) is 0 Å². The Balaban J connectivity index is 1.70. The van der Waals surface area contributed by atoms with E-state index >= 15 is 0 Å². The molecule has 2 aliphatic heterocycles. The Morgan fingerprint density at radius 3 is 2.41 bits per heavy atom. The van der Waals surface area contributed by atoms with E-state index < -0.39 is 17.8 Å². The summed E-state index contributed by atoms with van der Waals surface area (Å²) < 4.78 is 0. The summed E-state index contributed by atoms with van der Waals surface area (Å²) >= 11 is 0. The first-order valence-corrected chi connectivity index (χ1v) is 7.93. The molecule has 0 aromatic carbocycles. The molecule has 0 N–H and O–H groups in total. The lowest BCUT2D eigenvalue weighted by molar-refractivity contribution is -0.146. The molecule has 5 amide bonds. The van der Waals surface area contributed by atoms with Gasteiger partial charge in [0.25, 0.3) is 0 Å². The number of likely N-dealkylation sites (N-methyl/N-ethyl adjacent to an activating group) is 1. The van der Waals surface area contributed by atoms with E-state index in [2.05, 4.69) is 0 Å². The van der Waals surface area contributed by atoms with E-state index in [4.69, 9.17) is 0 Å². The van der Waals surface area contributed by atoms with Gasteiger partial charge in [-0.05, 0) is 31.6 Å². The number of fused-ring (bicyclic) bond motifs is 1. The molecular formula is C15H21N3O4. The molecule has 0 aromatic heterocycles. The summed E-state index contributed by atoms with van der Waals surface area (Å²) in [5.74, 6) is -1.45. The first kappa shape index (κ1) is 15.0. The molecule has 3 aliphatic rings. The minimum atomic E-state index is -0.905. The lowest BCUT2D eigenvalue weighted by atomic mass is 9.78. The van der Waals surface area contributed by atoms with E-state index in [1.807, 2.05) is 4.90 Å². The third kappa shape index (κ3) is 2.38. The van der Waals surface area contributed by atoms with Crippen LogP contribution in [0.1, 0.15) is 38.5 Å². The highest BCUT2D eigenvalue weighted by Crippen LogP contribution is 2.35. The normalized spacial score (nSPS) is 29.1. The first-order valence-electron chi connectivity index (χ1n) is 7.93. The van der Waals surface area contributed by atoms with Gasteiger partial charge in [0, 0.05) is 19.6 Å². The number of rotatable bonds is 2. The summed E-state index contributed by atoms with van der Waals surface area (Å²) in [7, 11) is 1.26. The van der Waals surface area contributed by atoms with Gasteiger partial charge in [-0.1, -0.05) is 12.8 Å².